The van der Waals surface area contributed by atoms with E-state index in [4.69, 9.17) is 0 Å². The van der Waals surface area contributed by atoms with E-state index >= 15 is 0 Å². The van der Waals surface area contributed by atoms with E-state index in [1.165, 1.54) is 10.9 Å². The number of aromatic nitrogens is 5. The van der Waals surface area contributed by atoms with Gasteiger partial charge >= 0.3 is 0 Å². The number of aryl methyl sites for hydroxylation is 1. The van der Waals surface area contributed by atoms with Crippen LogP contribution in [0.15, 0.2) is 18.6 Å². The fourth-order valence-corrected chi connectivity index (χ4v) is 0.961. The summed E-state index contributed by atoms with van der Waals surface area (Å²) in [5.74, 6) is 0.685. The second kappa shape index (κ2) is 3.33. The van der Waals surface area contributed by atoms with E-state index in [1.807, 2.05) is 0 Å². The van der Waals surface area contributed by atoms with Crippen LogP contribution in [0.2, 0.25) is 0 Å². The van der Waals surface area contributed by atoms with Crippen LogP contribution in [0, 0.1) is 6.92 Å². The molecule has 0 aliphatic rings. The van der Waals surface area contributed by atoms with Gasteiger partial charge in [-0.25, -0.2) is 14.6 Å². The molecule has 6 heteroatoms. The molecule has 0 fully saturated rings. The van der Waals surface area contributed by atoms with Gasteiger partial charge in [-0.3, -0.25) is 4.79 Å². The zero-order chi connectivity index (χ0) is 9.97. The number of hydrogen-bond donors (Lipinski definition) is 0. The smallest absolute Gasteiger partial charge is 0.171 e. The minimum absolute atomic E-state index is 0.283. The first-order chi connectivity index (χ1) is 6.79. The summed E-state index contributed by atoms with van der Waals surface area (Å²) in [7, 11) is 0. The Bertz CT molecular complexity index is 447. The predicted octanol–water partition coefficient (Wildman–Crippen LogP) is 0.178. The van der Waals surface area contributed by atoms with Crippen LogP contribution in [0.5, 0.6) is 0 Å². The third-order valence-corrected chi connectivity index (χ3v) is 1.66. The maximum absolute atomic E-state index is 10.4. The van der Waals surface area contributed by atoms with Crippen molar-refractivity contribution in [3.05, 3.63) is 30.1 Å². The van der Waals surface area contributed by atoms with Crippen LogP contribution in [-0.4, -0.2) is 31.2 Å². The third-order valence-electron chi connectivity index (χ3n) is 1.66. The highest BCUT2D eigenvalue weighted by atomic mass is 16.1. The summed E-state index contributed by atoms with van der Waals surface area (Å²) in [5.41, 5.74) is 0.960. The molecular weight excluding hydrogens is 182 g/mol. The number of hydrogen-bond acceptors (Lipinski definition) is 5. The lowest BCUT2D eigenvalue weighted by molar-refractivity contribution is 0.111. The van der Waals surface area contributed by atoms with Gasteiger partial charge in [0.2, 0.25) is 0 Å². The van der Waals surface area contributed by atoms with Crippen molar-refractivity contribution in [2.24, 2.45) is 0 Å². The van der Waals surface area contributed by atoms with Gasteiger partial charge in [-0.1, -0.05) is 5.21 Å². The van der Waals surface area contributed by atoms with Crippen molar-refractivity contribution < 1.29 is 4.79 Å². The Morgan fingerprint density at radius 1 is 1.36 bits per heavy atom. The molecule has 0 atom stereocenters. The summed E-state index contributed by atoms with van der Waals surface area (Å²) >= 11 is 0. The Morgan fingerprint density at radius 2 is 2.07 bits per heavy atom. The molecule has 0 amide bonds. The fraction of sp³-hybridized carbons (Fsp3) is 0.125. The molecule has 70 valence electrons. The van der Waals surface area contributed by atoms with E-state index < -0.39 is 0 Å². The minimum atomic E-state index is 0.283. The molecule has 2 aromatic heterocycles. The highest BCUT2D eigenvalue weighted by Crippen LogP contribution is 2.02. The first-order valence-electron chi connectivity index (χ1n) is 3.96. The molecule has 0 aliphatic carbocycles. The van der Waals surface area contributed by atoms with E-state index in [0.29, 0.717) is 17.8 Å². The highest BCUT2D eigenvalue weighted by Gasteiger charge is 2.01. The molecule has 0 spiro atoms. The van der Waals surface area contributed by atoms with Crippen LogP contribution in [0.4, 0.5) is 0 Å². The monoisotopic (exact) mass is 189 g/mol. The number of nitrogens with zero attached hydrogens (tertiary/aromatic N) is 5. The number of rotatable bonds is 2. The van der Waals surface area contributed by atoms with Gasteiger partial charge in [0.1, 0.15) is 17.2 Å². The van der Waals surface area contributed by atoms with E-state index in [9.17, 15) is 4.79 Å². The Balaban J connectivity index is 2.39. The number of carbonyl (C=O) groups excluding carboxylic acids is 1. The largest absolute Gasteiger partial charge is 0.296 e. The van der Waals surface area contributed by atoms with Crippen LogP contribution in [0.3, 0.4) is 0 Å². The van der Waals surface area contributed by atoms with E-state index in [1.54, 1.807) is 19.3 Å². The van der Waals surface area contributed by atoms with Crippen molar-refractivity contribution in [3.63, 3.8) is 0 Å². The highest BCUT2D eigenvalue weighted by molar-refractivity contribution is 5.70. The lowest BCUT2D eigenvalue weighted by Crippen LogP contribution is -1.97. The van der Waals surface area contributed by atoms with E-state index in [0.717, 1.165) is 0 Å². The van der Waals surface area contributed by atoms with Crippen LogP contribution >= 0.6 is 0 Å². The molecule has 0 aliphatic heterocycles. The molecule has 0 unspecified atom stereocenters. The van der Waals surface area contributed by atoms with E-state index in [2.05, 4.69) is 20.3 Å². The van der Waals surface area contributed by atoms with Crippen LogP contribution in [-0.2, 0) is 0 Å². The van der Waals surface area contributed by atoms with Gasteiger partial charge in [-0.15, -0.1) is 5.10 Å². The second-order valence-electron chi connectivity index (χ2n) is 2.69. The van der Waals surface area contributed by atoms with Crippen molar-refractivity contribution in [2.45, 2.75) is 6.92 Å². The average molecular weight is 189 g/mol. The Morgan fingerprint density at radius 3 is 2.64 bits per heavy atom. The Hall–Kier alpha value is -2.11. The van der Waals surface area contributed by atoms with Crippen molar-refractivity contribution in [2.75, 3.05) is 0 Å². The Labute approximate surface area is 79.6 Å². The van der Waals surface area contributed by atoms with Crippen LogP contribution in [0.25, 0.3) is 5.69 Å². The van der Waals surface area contributed by atoms with Gasteiger partial charge in [-0.2, -0.15) is 0 Å². The van der Waals surface area contributed by atoms with Gasteiger partial charge in [0.05, 0.1) is 18.6 Å². The first kappa shape index (κ1) is 8.49. The van der Waals surface area contributed by atoms with Gasteiger partial charge in [0.15, 0.2) is 6.29 Å². The van der Waals surface area contributed by atoms with Crippen LogP contribution in [0.1, 0.15) is 16.3 Å². The van der Waals surface area contributed by atoms with Gasteiger partial charge in [0.25, 0.3) is 0 Å². The van der Waals surface area contributed by atoms with Crippen molar-refractivity contribution in [3.8, 4) is 5.69 Å². The molecule has 0 aromatic carbocycles. The molecule has 0 N–H and O–H groups in total. The fourth-order valence-electron chi connectivity index (χ4n) is 0.961. The first-order valence-corrected chi connectivity index (χ1v) is 3.96. The lowest BCUT2D eigenvalue weighted by Gasteiger charge is -1.97. The topological polar surface area (TPSA) is 73.6 Å². The molecule has 0 saturated heterocycles. The average Bonchev–Trinajstić information content (AvgIpc) is 2.67. The molecule has 6 nitrogen and oxygen atoms in total. The minimum Gasteiger partial charge on any atom is -0.296 e. The Kier molecular flexibility index (Phi) is 2.02. The van der Waals surface area contributed by atoms with E-state index in [-0.39, 0.29) is 5.69 Å². The summed E-state index contributed by atoms with van der Waals surface area (Å²) in [6, 6.07) is 0. The molecule has 2 aromatic rings. The van der Waals surface area contributed by atoms with Gasteiger partial charge in [0, 0.05) is 0 Å². The zero-order valence-corrected chi connectivity index (χ0v) is 7.45. The summed E-state index contributed by atoms with van der Waals surface area (Å²) < 4.78 is 1.45. The summed E-state index contributed by atoms with van der Waals surface area (Å²) in [4.78, 5) is 18.4. The molecular formula is C8H7N5O. The van der Waals surface area contributed by atoms with Gasteiger partial charge < -0.3 is 0 Å². The summed E-state index contributed by atoms with van der Waals surface area (Å²) in [6.45, 7) is 1.79. The lowest BCUT2D eigenvalue weighted by atomic mass is 10.5. The molecule has 2 heterocycles. The maximum atomic E-state index is 10.4. The van der Waals surface area contributed by atoms with Crippen LogP contribution < -0.4 is 0 Å². The van der Waals surface area contributed by atoms with Crippen molar-refractivity contribution in [1.29, 1.82) is 0 Å². The quantitative estimate of drug-likeness (QED) is 0.630. The zero-order valence-electron chi connectivity index (χ0n) is 7.45. The summed E-state index contributed by atoms with van der Waals surface area (Å²) in [5, 5.41) is 7.37. The normalized spacial score (nSPS) is 10.1. The molecule has 0 saturated carbocycles. The van der Waals surface area contributed by atoms with Crippen molar-refractivity contribution in [1.82, 2.24) is 25.0 Å². The number of carbonyl (C=O) groups is 1. The standard InChI is InChI=1S/C8H7N5O/c1-6-9-2-8(3-10-6)13-4-7(5-14)11-12-13/h2-5H,1H3. The maximum Gasteiger partial charge on any atom is 0.171 e. The number of aldehydes is 1. The van der Waals surface area contributed by atoms with Gasteiger partial charge in [-0.05, 0) is 6.92 Å². The van der Waals surface area contributed by atoms with Crippen molar-refractivity contribution >= 4 is 6.29 Å². The molecule has 2 rings (SSSR count). The summed E-state index contributed by atoms with van der Waals surface area (Å²) in [6.07, 6.45) is 5.39. The molecule has 0 radical (unpaired) electrons. The second-order valence-corrected chi connectivity index (χ2v) is 2.69. The predicted molar refractivity (Wildman–Crippen MR) is 47.1 cm³/mol. The SMILES string of the molecule is Cc1ncc(-n2cc(C=O)nn2)cn1. The molecule has 0 bridgehead atoms. The third kappa shape index (κ3) is 1.49. The molecule has 14 heavy (non-hydrogen) atoms.